The van der Waals surface area contributed by atoms with Gasteiger partial charge in [-0.25, -0.2) is 8.78 Å². The Hall–Kier alpha value is -1.00. The molecule has 0 aliphatic carbocycles. The minimum atomic E-state index is -2.28. The molecule has 17 heavy (non-hydrogen) atoms. The zero-order chi connectivity index (χ0) is 12.8. The average molecular weight is 242 g/mol. The number of hydrogen-bond donors (Lipinski definition) is 1. The summed E-state index contributed by atoms with van der Waals surface area (Å²) in [4.78, 5) is 1.62. The molecule has 0 fully saturated rings. The molecule has 96 valence electrons. The highest BCUT2D eigenvalue weighted by molar-refractivity contribution is 5.25. The highest BCUT2D eigenvalue weighted by Crippen LogP contribution is 2.15. The van der Waals surface area contributed by atoms with Crippen LogP contribution in [0.15, 0.2) is 24.3 Å². The molecule has 0 bridgehead atoms. The van der Waals surface area contributed by atoms with E-state index in [2.05, 4.69) is 6.92 Å². The van der Waals surface area contributed by atoms with E-state index >= 15 is 0 Å². The summed E-state index contributed by atoms with van der Waals surface area (Å²) in [6.45, 7) is 3.03. The summed E-state index contributed by atoms with van der Waals surface area (Å²) in [6, 6.07) is 7.99. The van der Waals surface area contributed by atoms with E-state index in [1.54, 1.807) is 11.9 Å². The van der Waals surface area contributed by atoms with Crippen LogP contribution in [0.25, 0.3) is 0 Å². The van der Waals surface area contributed by atoms with Crippen LogP contribution in [-0.4, -0.2) is 31.5 Å². The van der Waals surface area contributed by atoms with Crippen LogP contribution in [0, 0.1) is 0 Å². The van der Waals surface area contributed by atoms with Gasteiger partial charge in [0.15, 0.2) is 0 Å². The molecule has 0 aliphatic heterocycles. The van der Waals surface area contributed by atoms with Crippen molar-refractivity contribution in [3.8, 4) is 0 Å². The third kappa shape index (κ3) is 4.79. The number of rotatable bonds is 6. The van der Waals surface area contributed by atoms with Crippen molar-refractivity contribution < 1.29 is 8.78 Å². The van der Waals surface area contributed by atoms with E-state index in [1.165, 1.54) is 5.56 Å². The lowest BCUT2D eigenvalue weighted by Gasteiger charge is -2.16. The molecular formula is C13H20F2N2. The molecule has 0 saturated heterocycles. The van der Waals surface area contributed by atoms with Gasteiger partial charge in [-0.1, -0.05) is 31.2 Å². The zero-order valence-corrected chi connectivity index (χ0v) is 10.4. The summed E-state index contributed by atoms with van der Waals surface area (Å²) in [5.41, 5.74) is 7.82. The molecule has 1 atom stereocenters. The minimum absolute atomic E-state index is 0.193. The second-order valence-electron chi connectivity index (χ2n) is 4.47. The van der Waals surface area contributed by atoms with E-state index < -0.39 is 6.43 Å². The molecular weight excluding hydrogens is 222 g/mol. The topological polar surface area (TPSA) is 29.3 Å². The van der Waals surface area contributed by atoms with Crippen LogP contribution in [0.5, 0.6) is 0 Å². The van der Waals surface area contributed by atoms with Crippen LogP contribution in [-0.2, 0) is 6.54 Å². The van der Waals surface area contributed by atoms with E-state index in [1.807, 2.05) is 24.3 Å². The van der Waals surface area contributed by atoms with Gasteiger partial charge in [0, 0.05) is 6.54 Å². The molecule has 2 N–H and O–H groups in total. The van der Waals surface area contributed by atoms with Gasteiger partial charge in [0.25, 0.3) is 6.43 Å². The van der Waals surface area contributed by atoms with E-state index in [0.717, 1.165) is 5.56 Å². The predicted octanol–water partition coefficient (Wildman–Crippen LogP) is 2.45. The minimum Gasteiger partial charge on any atom is -0.330 e. The first kappa shape index (κ1) is 14.1. The van der Waals surface area contributed by atoms with Crippen molar-refractivity contribution in [1.82, 2.24) is 4.90 Å². The number of benzene rings is 1. The van der Waals surface area contributed by atoms with E-state index in [4.69, 9.17) is 5.73 Å². The van der Waals surface area contributed by atoms with Crippen molar-refractivity contribution in [2.75, 3.05) is 20.1 Å². The van der Waals surface area contributed by atoms with Crippen molar-refractivity contribution in [2.24, 2.45) is 5.73 Å². The lowest BCUT2D eigenvalue weighted by Crippen LogP contribution is -2.24. The molecule has 2 nitrogen and oxygen atoms in total. The fourth-order valence-electron chi connectivity index (χ4n) is 1.70. The Bertz CT molecular complexity index is 325. The molecule has 1 aromatic rings. The first-order chi connectivity index (χ1) is 8.02. The van der Waals surface area contributed by atoms with Crippen molar-refractivity contribution in [3.05, 3.63) is 35.4 Å². The Morgan fingerprint density at radius 2 is 1.82 bits per heavy atom. The van der Waals surface area contributed by atoms with E-state index in [9.17, 15) is 8.78 Å². The summed E-state index contributed by atoms with van der Waals surface area (Å²) in [5.74, 6) is 0.336. The van der Waals surface area contributed by atoms with E-state index in [-0.39, 0.29) is 6.54 Å². The predicted molar refractivity (Wildman–Crippen MR) is 66.2 cm³/mol. The van der Waals surface area contributed by atoms with Crippen LogP contribution in [0.4, 0.5) is 8.78 Å². The summed E-state index contributed by atoms with van der Waals surface area (Å²) >= 11 is 0. The second kappa shape index (κ2) is 6.67. The number of halogens is 2. The van der Waals surface area contributed by atoms with Crippen LogP contribution < -0.4 is 5.73 Å². The molecule has 0 heterocycles. The Balaban J connectivity index is 2.56. The largest absolute Gasteiger partial charge is 0.330 e. The first-order valence-corrected chi connectivity index (χ1v) is 5.78. The number of alkyl halides is 2. The molecule has 0 radical (unpaired) electrons. The zero-order valence-electron chi connectivity index (χ0n) is 10.4. The lowest BCUT2D eigenvalue weighted by molar-refractivity contribution is 0.0975. The monoisotopic (exact) mass is 242 g/mol. The van der Waals surface area contributed by atoms with Crippen LogP contribution >= 0.6 is 0 Å². The maximum absolute atomic E-state index is 12.1. The van der Waals surface area contributed by atoms with Gasteiger partial charge in [-0.3, -0.25) is 4.90 Å². The summed E-state index contributed by atoms with van der Waals surface area (Å²) < 4.78 is 24.3. The first-order valence-electron chi connectivity index (χ1n) is 5.78. The molecule has 0 aromatic heterocycles. The number of nitrogens with two attached hydrogens (primary N) is 1. The Kier molecular flexibility index (Phi) is 5.51. The standard InChI is InChI=1S/C13H20F2N2/c1-10(7-16)12-5-3-11(4-6-12)8-17(2)9-13(14)15/h3-6,10,13H,7-9,16H2,1-2H3. The average Bonchev–Trinajstić information content (AvgIpc) is 2.28. The SMILES string of the molecule is CC(CN)c1ccc(CN(C)CC(F)F)cc1. The third-order valence-corrected chi connectivity index (χ3v) is 2.80. The molecule has 4 heteroatoms. The van der Waals surface area contributed by atoms with Gasteiger partial charge < -0.3 is 5.73 Å². The smallest absolute Gasteiger partial charge is 0.251 e. The lowest BCUT2D eigenvalue weighted by atomic mass is 10.00. The second-order valence-corrected chi connectivity index (χ2v) is 4.47. The van der Waals surface area contributed by atoms with Gasteiger partial charge in [-0.05, 0) is 30.6 Å². The van der Waals surface area contributed by atoms with Gasteiger partial charge in [0.1, 0.15) is 0 Å². The van der Waals surface area contributed by atoms with Gasteiger partial charge in [0.2, 0.25) is 0 Å². The highest BCUT2D eigenvalue weighted by Gasteiger charge is 2.08. The Morgan fingerprint density at radius 1 is 1.24 bits per heavy atom. The number of hydrogen-bond acceptors (Lipinski definition) is 2. The Labute approximate surface area is 101 Å². The molecule has 1 aromatic carbocycles. The van der Waals surface area contributed by atoms with Gasteiger partial charge in [-0.15, -0.1) is 0 Å². The van der Waals surface area contributed by atoms with Crippen molar-refractivity contribution in [3.63, 3.8) is 0 Å². The quantitative estimate of drug-likeness (QED) is 0.830. The number of nitrogens with zero attached hydrogens (tertiary/aromatic N) is 1. The molecule has 0 amide bonds. The maximum Gasteiger partial charge on any atom is 0.251 e. The molecule has 1 rings (SSSR count). The van der Waals surface area contributed by atoms with Crippen LogP contribution in [0.1, 0.15) is 24.0 Å². The molecule has 0 aliphatic rings. The van der Waals surface area contributed by atoms with Crippen LogP contribution in [0.3, 0.4) is 0 Å². The van der Waals surface area contributed by atoms with Gasteiger partial charge >= 0.3 is 0 Å². The van der Waals surface area contributed by atoms with Crippen molar-refractivity contribution >= 4 is 0 Å². The summed E-state index contributed by atoms with van der Waals surface area (Å²) in [6.07, 6.45) is -2.28. The third-order valence-electron chi connectivity index (χ3n) is 2.80. The highest BCUT2D eigenvalue weighted by atomic mass is 19.3. The van der Waals surface area contributed by atoms with Gasteiger partial charge in [-0.2, -0.15) is 0 Å². The van der Waals surface area contributed by atoms with Crippen molar-refractivity contribution in [2.45, 2.75) is 25.8 Å². The summed E-state index contributed by atoms with van der Waals surface area (Å²) in [7, 11) is 1.70. The van der Waals surface area contributed by atoms with Gasteiger partial charge in [0.05, 0.1) is 6.54 Å². The van der Waals surface area contributed by atoms with Crippen LogP contribution in [0.2, 0.25) is 0 Å². The van der Waals surface area contributed by atoms with Crippen molar-refractivity contribution in [1.29, 1.82) is 0 Å². The Morgan fingerprint density at radius 3 is 2.29 bits per heavy atom. The molecule has 1 unspecified atom stereocenters. The molecule has 0 saturated carbocycles. The maximum atomic E-state index is 12.1. The molecule has 0 spiro atoms. The fourth-order valence-corrected chi connectivity index (χ4v) is 1.70. The van der Waals surface area contributed by atoms with E-state index in [0.29, 0.717) is 19.0 Å². The normalized spacial score (nSPS) is 13.4. The fraction of sp³-hybridized carbons (Fsp3) is 0.538. The summed E-state index contributed by atoms with van der Waals surface area (Å²) in [5, 5.41) is 0.